The van der Waals surface area contributed by atoms with Crippen molar-refractivity contribution >= 4 is 39.2 Å². The predicted molar refractivity (Wildman–Crippen MR) is 129 cm³/mol. The van der Waals surface area contributed by atoms with Gasteiger partial charge in [0.25, 0.3) is 0 Å². The van der Waals surface area contributed by atoms with Crippen molar-refractivity contribution in [3.63, 3.8) is 0 Å². The van der Waals surface area contributed by atoms with Crippen LogP contribution in [0.15, 0.2) is 60.0 Å². The lowest BCUT2D eigenvalue weighted by Gasteiger charge is -2.21. The van der Waals surface area contributed by atoms with E-state index in [0.717, 1.165) is 16.8 Å². The number of esters is 1. The Labute approximate surface area is 202 Å². The second-order valence-corrected chi connectivity index (χ2v) is 9.68. The highest BCUT2D eigenvalue weighted by molar-refractivity contribution is 7.87. The van der Waals surface area contributed by atoms with Crippen molar-refractivity contribution in [1.82, 2.24) is 10.3 Å². The van der Waals surface area contributed by atoms with Crippen LogP contribution in [-0.2, 0) is 37.5 Å². The molecule has 3 aromatic rings. The molecule has 180 valence electrons. The molecule has 1 amide bonds. The number of hydrogen-bond donors (Lipinski definition) is 3. The van der Waals surface area contributed by atoms with E-state index in [4.69, 9.17) is 9.29 Å². The van der Waals surface area contributed by atoms with Crippen LogP contribution in [0.5, 0.6) is 0 Å². The molecule has 2 aromatic carbocycles. The fourth-order valence-electron chi connectivity index (χ4n) is 3.37. The average molecular weight is 504 g/mol. The first kappa shape index (κ1) is 25.3. The van der Waals surface area contributed by atoms with E-state index < -0.39 is 34.1 Å². The number of anilines is 1. The van der Waals surface area contributed by atoms with Crippen molar-refractivity contribution in [2.75, 3.05) is 11.8 Å². The third-order valence-corrected chi connectivity index (χ3v) is 6.55. The Morgan fingerprint density at radius 3 is 2.26 bits per heavy atom. The molecular weight excluding hydrogens is 478 g/mol. The van der Waals surface area contributed by atoms with Gasteiger partial charge in [-0.05, 0) is 43.0 Å². The monoisotopic (exact) mass is 503 g/mol. The topological polar surface area (TPSA) is 135 Å². The number of rotatable bonds is 10. The SMILES string of the molecule is COC(=O)C(Cc1ccccc1)C(=O)NC(Cc1ccc(NS(=O)(=O)O)cc1)c1nc(C)cs1. The summed E-state index contributed by atoms with van der Waals surface area (Å²) in [6.45, 7) is 1.85. The van der Waals surface area contributed by atoms with E-state index in [0.29, 0.717) is 11.4 Å². The van der Waals surface area contributed by atoms with E-state index in [9.17, 15) is 18.0 Å². The molecule has 34 heavy (non-hydrogen) atoms. The van der Waals surface area contributed by atoms with Crippen LogP contribution in [0.1, 0.15) is 27.9 Å². The number of carbonyl (C=O) groups excluding carboxylic acids is 2. The number of carbonyl (C=O) groups is 2. The first-order valence-electron chi connectivity index (χ1n) is 10.3. The largest absolute Gasteiger partial charge is 0.468 e. The van der Waals surface area contributed by atoms with Crippen LogP contribution in [0.4, 0.5) is 5.69 Å². The van der Waals surface area contributed by atoms with E-state index in [-0.39, 0.29) is 12.1 Å². The van der Waals surface area contributed by atoms with Gasteiger partial charge in [0.15, 0.2) is 0 Å². The van der Waals surface area contributed by atoms with Crippen LogP contribution in [0.3, 0.4) is 0 Å². The number of amides is 1. The Morgan fingerprint density at radius 2 is 1.71 bits per heavy atom. The maximum atomic E-state index is 13.2. The molecule has 0 spiro atoms. The second-order valence-electron chi connectivity index (χ2n) is 7.63. The zero-order valence-corrected chi connectivity index (χ0v) is 20.2. The molecule has 0 bridgehead atoms. The molecule has 3 N–H and O–H groups in total. The third-order valence-electron chi connectivity index (χ3n) is 4.98. The fourth-order valence-corrected chi connectivity index (χ4v) is 4.65. The predicted octanol–water partition coefficient (Wildman–Crippen LogP) is 3.10. The third kappa shape index (κ3) is 7.37. The molecule has 0 aliphatic carbocycles. The summed E-state index contributed by atoms with van der Waals surface area (Å²) < 4.78 is 37.8. The normalized spacial score (nSPS) is 13.0. The summed E-state index contributed by atoms with van der Waals surface area (Å²) in [6, 6.07) is 15.0. The van der Waals surface area contributed by atoms with Gasteiger partial charge in [0.1, 0.15) is 10.9 Å². The van der Waals surface area contributed by atoms with Gasteiger partial charge in [-0.25, -0.2) is 4.98 Å². The van der Waals surface area contributed by atoms with Gasteiger partial charge < -0.3 is 10.1 Å². The first-order chi connectivity index (χ1) is 16.1. The Bertz CT molecular complexity index is 1230. The Hall–Kier alpha value is -3.28. The molecule has 0 fully saturated rings. The molecule has 3 rings (SSSR count). The standard InChI is InChI=1S/C23H25N3O6S2/c1-15-14-33-22(24-15)20(13-17-8-10-18(11-9-17)26-34(29,30)31)25-21(27)19(23(28)32-2)12-16-6-4-3-5-7-16/h3-11,14,19-20,26H,12-13H2,1-2H3,(H,25,27)(H,29,30,31). The summed E-state index contributed by atoms with van der Waals surface area (Å²) in [5.41, 5.74) is 2.62. The van der Waals surface area contributed by atoms with Gasteiger partial charge in [-0.15, -0.1) is 11.3 Å². The van der Waals surface area contributed by atoms with Crippen LogP contribution in [0, 0.1) is 12.8 Å². The molecule has 11 heteroatoms. The molecule has 1 aromatic heterocycles. The van der Waals surface area contributed by atoms with Crippen LogP contribution < -0.4 is 10.0 Å². The smallest absolute Gasteiger partial charge is 0.357 e. The molecule has 9 nitrogen and oxygen atoms in total. The van der Waals surface area contributed by atoms with E-state index in [1.54, 1.807) is 12.1 Å². The molecule has 0 aliphatic heterocycles. The Kier molecular flexibility index (Phi) is 8.37. The number of ether oxygens (including phenoxy) is 1. The molecule has 0 aliphatic rings. The quantitative estimate of drug-likeness (QED) is 0.220. The summed E-state index contributed by atoms with van der Waals surface area (Å²) in [7, 11) is -3.13. The molecule has 0 saturated heterocycles. The van der Waals surface area contributed by atoms with Crippen molar-refractivity contribution in [2.45, 2.75) is 25.8 Å². The molecule has 0 saturated carbocycles. The summed E-state index contributed by atoms with van der Waals surface area (Å²) >= 11 is 1.39. The van der Waals surface area contributed by atoms with Crippen molar-refractivity contribution in [2.24, 2.45) is 5.92 Å². The lowest BCUT2D eigenvalue weighted by atomic mass is 9.97. The minimum atomic E-state index is -4.37. The zero-order valence-electron chi connectivity index (χ0n) is 18.6. The van der Waals surface area contributed by atoms with Gasteiger partial charge in [0, 0.05) is 11.1 Å². The van der Waals surface area contributed by atoms with Crippen molar-refractivity contribution in [3.05, 3.63) is 81.8 Å². The number of thiazole rings is 1. The number of nitrogens with zero attached hydrogens (tertiary/aromatic N) is 1. The lowest BCUT2D eigenvalue weighted by Crippen LogP contribution is -2.40. The van der Waals surface area contributed by atoms with Crippen molar-refractivity contribution in [1.29, 1.82) is 0 Å². The van der Waals surface area contributed by atoms with E-state index >= 15 is 0 Å². The highest BCUT2D eigenvalue weighted by Gasteiger charge is 2.30. The van der Waals surface area contributed by atoms with E-state index in [2.05, 4.69) is 10.3 Å². The fraction of sp³-hybridized carbons (Fsp3) is 0.261. The number of nitrogens with one attached hydrogen (secondary N) is 2. The summed E-state index contributed by atoms with van der Waals surface area (Å²) in [6.07, 6.45) is 0.545. The molecular formula is C23H25N3O6S2. The number of aromatic nitrogens is 1. The lowest BCUT2D eigenvalue weighted by molar-refractivity contribution is -0.150. The maximum absolute atomic E-state index is 13.2. The van der Waals surface area contributed by atoms with Gasteiger partial charge in [0.05, 0.1) is 18.8 Å². The second kappa shape index (κ2) is 11.2. The van der Waals surface area contributed by atoms with Crippen LogP contribution in [-0.4, -0.2) is 36.9 Å². The first-order valence-corrected chi connectivity index (χ1v) is 12.6. The average Bonchev–Trinajstić information content (AvgIpc) is 3.23. The number of aryl methyl sites for hydroxylation is 1. The highest BCUT2D eigenvalue weighted by atomic mass is 32.2. The van der Waals surface area contributed by atoms with Gasteiger partial charge in [-0.2, -0.15) is 8.42 Å². The number of benzene rings is 2. The summed E-state index contributed by atoms with van der Waals surface area (Å²) in [5, 5.41) is 5.49. The minimum absolute atomic E-state index is 0.193. The van der Waals surface area contributed by atoms with Gasteiger partial charge in [0.2, 0.25) is 5.91 Å². The molecule has 1 heterocycles. The number of methoxy groups -OCH3 is 1. The zero-order chi connectivity index (χ0) is 24.7. The summed E-state index contributed by atoms with van der Waals surface area (Å²) in [5.74, 6) is -2.13. The van der Waals surface area contributed by atoms with Crippen LogP contribution in [0.25, 0.3) is 0 Å². The summed E-state index contributed by atoms with van der Waals surface area (Å²) in [4.78, 5) is 30.1. The molecule has 0 radical (unpaired) electrons. The van der Waals surface area contributed by atoms with Crippen molar-refractivity contribution in [3.8, 4) is 0 Å². The van der Waals surface area contributed by atoms with Gasteiger partial charge >= 0.3 is 16.3 Å². The van der Waals surface area contributed by atoms with Gasteiger partial charge in [-0.3, -0.25) is 18.9 Å². The van der Waals surface area contributed by atoms with Crippen LogP contribution >= 0.6 is 11.3 Å². The highest BCUT2D eigenvalue weighted by Crippen LogP contribution is 2.24. The van der Waals surface area contributed by atoms with E-state index in [1.165, 1.54) is 30.6 Å². The van der Waals surface area contributed by atoms with Crippen molar-refractivity contribution < 1.29 is 27.3 Å². The number of hydrogen-bond acceptors (Lipinski definition) is 7. The Balaban J connectivity index is 1.81. The van der Waals surface area contributed by atoms with E-state index in [1.807, 2.05) is 47.4 Å². The van der Waals surface area contributed by atoms with Gasteiger partial charge in [-0.1, -0.05) is 42.5 Å². The maximum Gasteiger partial charge on any atom is 0.357 e. The minimum Gasteiger partial charge on any atom is -0.468 e. The van der Waals surface area contributed by atoms with Crippen LogP contribution in [0.2, 0.25) is 0 Å². The Morgan fingerprint density at radius 1 is 1.06 bits per heavy atom. The molecule has 2 unspecified atom stereocenters. The molecule has 2 atom stereocenters.